The molecule has 0 aliphatic carbocycles. The minimum Gasteiger partial charge on any atom is -0.391 e. The van der Waals surface area contributed by atoms with E-state index in [1.54, 1.807) is 13.8 Å². The second kappa shape index (κ2) is 6.46. The summed E-state index contributed by atoms with van der Waals surface area (Å²) < 4.78 is 12.9. The normalized spacial score (nSPS) is 14.7. The van der Waals surface area contributed by atoms with E-state index in [1.165, 1.54) is 6.08 Å². The summed E-state index contributed by atoms with van der Waals surface area (Å²) in [4.78, 5) is 0. The van der Waals surface area contributed by atoms with Crippen LogP contribution in [0, 0.1) is 0 Å². The van der Waals surface area contributed by atoms with Gasteiger partial charge in [0.05, 0.1) is 0 Å². The van der Waals surface area contributed by atoms with Gasteiger partial charge in [0.15, 0.2) is 0 Å². The maximum Gasteiger partial charge on any atom is 0.121 e. The third-order valence-corrected chi connectivity index (χ3v) is 1.93. The summed E-state index contributed by atoms with van der Waals surface area (Å²) in [6, 6.07) is 0. The molecule has 0 aromatic carbocycles. The Morgan fingerprint density at radius 2 is 1.92 bits per heavy atom. The summed E-state index contributed by atoms with van der Waals surface area (Å²) in [5, 5.41) is 3.04. The molecule has 0 heterocycles. The van der Waals surface area contributed by atoms with Crippen molar-refractivity contribution in [3.05, 3.63) is 35.3 Å². The molecule has 13 heavy (non-hydrogen) atoms. The van der Waals surface area contributed by atoms with Crippen molar-refractivity contribution in [2.75, 3.05) is 7.05 Å². The first-order valence-electron chi connectivity index (χ1n) is 4.47. The minimum atomic E-state index is -0.147. The lowest BCUT2D eigenvalue weighted by molar-refractivity contribution is 0.648. The zero-order chi connectivity index (χ0) is 10.3. The molecule has 0 bridgehead atoms. The lowest BCUT2D eigenvalue weighted by Crippen LogP contribution is -2.04. The second-order valence-corrected chi connectivity index (χ2v) is 2.79. The Bertz CT molecular complexity index is 236. The van der Waals surface area contributed by atoms with Gasteiger partial charge in [-0.15, -0.1) is 0 Å². The molecule has 0 saturated heterocycles. The van der Waals surface area contributed by atoms with E-state index in [9.17, 15) is 4.39 Å². The largest absolute Gasteiger partial charge is 0.391 e. The third-order valence-electron chi connectivity index (χ3n) is 1.93. The van der Waals surface area contributed by atoms with Gasteiger partial charge in [-0.3, -0.25) is 0 Å². The van der Waals surface area contributed by atoms with Crippen LogP contribution in [0.3, 0.4) is 0 Å². The van der Waals surface area contributed by atoms with E-state index < -0.39 is 0 Å². The fraction of sp³-hybridized carbons (Fsp3) is 0.455. The van der Waals surface area contributed by atoms with Gasteiger partial charge in [0, 0.05) is 19.2 Å². The van der Waals surface area contributed by atoms with Crippen LogP contribution in [-0.2, 0) is 0 Å². The molecule has 0 amide bonds. The summed E-state index contributed by atoms with van der Waals surface area (Å²) >= 11 is 0. The van der Waals surface area contributed by atoms with Gasteiger partial charge in [-0.2, -0.15) is 0 Å². The standard InChI is InChI=1S/C11H18FN/c1-5-10(13-4)8-7-9(3)11(12)6-2/h5-7,13H,8H2,1-4H3/b9-7?,10-5+,11-6+. The number of rotatable bonds is 4. The monoisotopic (exact) mass is 183 g/mol. The molecule has 0 saturated carbocycles. The summed E-state index contributed by atoms with van der Waals surface area (Å²) in [6.07, 6.45) is 6.08. The predicted octanol–water partition coefficient (Wildman–Crippen LogP) is 3.32. The molecule has 0 rings (SSSR count). The first-order chi connectivity index (χ1) is 6.15. The van der Waals surface area contributed by atoms with Crippen LogP contribution in [0.4, 0.5) is 4.39 Å². The third kappa shape index (κ3) is 4.51. The van der Waals surface area contributed by atoms with Crippen molar-refractivity contribution in [3.8, 4) is 0 Å². The number of nitrogens with one attached hydrogen (secondary N) is 1. The highest BCUT2D eigenvalue weighted by Gasteiger charge is 1.95. The highest BCUT2D eigenvalue weighted by molar-refractivity contribution is 5.23. The first-order valence-corrected chi connectivity index (χ1v) is 4.47. The maximum atomic E-state index is 12.9. The summed E-state index contributed by atoms with van der Waals surface area (Å²) in [7, 11) is 1.87. The SMILES string of the molecule is C/C=C(\CC=C(C)/C(F)=C\C)NC. The predicted molar refractivity (Wildman–Crippen MR) is 56.1 cm³/mol. The first kappa shape index (κ1) is 11.9. The molecule has 2 heteroatoms. The van der Waals surface area contributed by atoms with Gasteiger partial charge in [-0.25, -0.2) is 4.39 Å². The zero-order valence-corrected chi connectivity index (χ0v) is 8.82. The Hall–Kier alpha value is -1.05. The smallest absolute Gasteiger partial charge is 0.121 e. The van der Waals surface area contributed by atoms with Crippen LogP contribution in [0.5, 0.6) is 0 Å². The van der Waals surface area contributed by atoms with Gasteiger partial charge >= 0.3 is 0 Å². The van der Waals surface area contributed by atoms with Crippen molar-refractivity contribution in [2.24, 2.45) is 0 Å². The summed E-state index contributed by atoms with van der Waals surface area (Å²) in [5.74, 6) is -0.147. The molecule has 1 nitrogen and oxygen atoms in total. The molecule has 0 aliphatic heterocycles. The molecule has 74 valence electrons. The van der Waals surface area contributed by atoms with E-state index in [0.717, 1.165) is 12.1 Å². The van der Waals surface area contributed by atoms with Crippen LogP contribution in [0.25, 0.3) is 0 Å². The highest BCUT2D eigenvalue weighted by Crippen LogP contribution is 2.12. The zero-order valence-electron chi connectivity index (χ0n) is 8.82. The van der Waals surface area contributed by atoms with E-state index in [-0.39, 0.29) is 5.83 Å². The molecule has 0 spiro atoms. The van der Waals surface area contributed by atoms with E-state index in [2.05, 4.69) is 5.32 Å². The van der Waals surface area contributed by atoms with E-state index in [0.29, 0.717) is 5.57 Å². The van der Waals surface area contributed by atoms with E-state index in [1.807, 2.05) is 26.1 Å². The fourth-order valence-electron chi connectivity index (χ4n) is 0.952. The van der Waals surface area contributed by atoms with Gasteiger partial charge in [-0.05, 0) is 26.3 Å². The summed E-state index contributed by atoms with van der Waals surface area (Å²) in [5.41, 5.74) is 1.79. The Labute approximate surface area is 80.0 Å². The molecule has 0 aromatic rings. The van der Waals surface area contributed by atoms with Crippen LogP contribution in [0.1, 0.15) is 27.2 Å². The van der Waals surface area contributed by atoms with Crippen molar-refractivity contribution in [1.82, 2.24) is 5.32 Å². The topological polar surface area (TPSA) is 12.0 Å². The van der Waals surface area contributed by atoms with E-state index >= 15 is 0 Å². The average Bonchev–Trinajstić information content (AvgIpc) is 2.17. The average molecular weight is 183 g/mol. The fourth-order valence-corrected chi connectivity index (χ4v) is 0.952. The number of hydrogen-bond acceptors (Lipinski definition) is 1. The Kier molecular flexibility index (Phi) is 5.94. The van der Waals surface area contributed by atoms with Gasteiger partial charge in [0.25, 0.3) is 0 Å². The van der Waals surface area contributed by atoms with Crippen molar-refractivity contribution in [2.45, 2.75) is 27.2 Å². The lowest BCUT2D eigenvalue weighted by Gasteiger charge is -2.02. The van der Waals surface area contributed by atoms with Crippen molar-refractivity contribution in [3.63, 3.8) is 0 Å². The molecular formula is C11H18FN. The second-order valence-electron chi connectivity index (χ2n) is 2.79. The molecule has 1 N–H and O–H groups in total. The minimum absolute atomic E-state index is 0.147. The van der Waals surface area contributed by atoms with Crippen LogP contribution in [0.15, 0.2) is 35.3 Å². The van der Waals surface area contributed by atoms with E-state index in [4.69, 9.17) is 0 Å². The molecule has 0 fully saturated rings. The van der Waals surface area contributed by atoms with Crippen LogP contribution in [0.2, 0.25) is 0 Å². The number of allylic oxidation sites excluding steroid dienone is 5. The quantitative estimate of drug-likeness (QED) is 0.659. The Morgan fingerprint density at radius 1 is 1.31 bits per heavy atom. The summed E-state index contributed by atoms with van der Waals surface area (Å²) in [6.45, 7) is 5.43. The Balaban J connectivity index is 4.27. The Morgan fingerprint density at radius 3 is 2.31 bits per heavy atom. The van der Waals surface area contributed by atoms with Gasteiger partial charge < -0.3 is 5.32 Å². The van der Waals surface area contributed by atoms with Gasteiger partial charge in [-0.1, -0.05) is 18.2 Å². The molecule has 0 radical (unpaired) electrons. The van der Waals surface area contributed by atoms with Crippen LogP contribution < -0.4 is 5.32 Å². The van der Waals surface area contributed by atoms with Gasteiger partial charge in [0.2, 0.25) is 0 Å². The van der Waals surface area contributed by atoms with Crippen LogP contribution in [-0.4, -0.2) is 7.05 Å². The maximum absolute atomic E-state index is 12.9. The highest BCUT2D eigenvalue weighted by atomic mass is 19.1. The number of hydrogen-bond donors (Lipinski definition) is 1. The van der Waals surface area contributed by atoms with Crippen molar-refractivity contribution < 1.29 is 4.39 Å². The molecule has 0 aromatic heterocycles. The molecule has 0 unspecified atom stereocenters. The molecule has 0 atom stereocenters. The van der Waals surface area contributed by atoms with Crippen molar-refractivity contribution in [1.29, 1.82) is 0 Å². The number of halogens is 1. The lowest BCUT2D eigenvalue weighted by atomic mass is 10.2. The van der Waals surface area contributed by atoms with Crippen molar-refractivity contribution >= 4 is 0 Å². The molecular weight excluding hydrogens is 165 g/mol. The van der Waals surface area contributed by atoms with Gasteiger partial charge in [0.1, 0.15) is 5.83 Å². The molecule has 0 aliphatic rings. The van der Waals surface area contributed by atoms with Crippen LogP contribution >= 0.6 is 0 Å².